The smallest absolute Gasteiger partial charge is 0.0622 e. The van der Waals surface area contributed by atoms with Crippen molar-refractivity contribution in [3.8, 4) is 0 Å². The normalized spacial score (nSPS) is 16.2. The van der Waals surface area contributed by atoms with Gasteiger partial charge in [-0.1, -0.05) is 155 Å². The number of hydrogen-bond acceptors (Lipinski definition) is 1. The summed E-state index contributed by atoms with van der Waals surface area (Å²) >= 11 is 0. The van der Waals surface area contributed by atoms with Gasteiger partial charge in [0.25, 0.3) is 0 Å². The van der Waals surface area contributed by atoms with Crippen LogP contribution in [-0.2, 0) is 4.74 Å². The summed E-state index contributed by atoms with van der Waals surface area (Å²) in [7, 11) is 1.82. The number of hydrogen-bond donors (Lipinski definition) is 0. The largest absolute Gasteiger partial charge is 0.379 e. The van der Waals surface area contributed by atoms with E-state index in [-0.39, 0.29) is 5.60 Å². The molecule has 0 rings (SSSR count). The predicted molar refractivity (Wildman–Crippen MR) is 192 cm³/mol. The van der Waals surface area contributed by atoms with E-state index in [2.05, 4.69) is 81.4 Å². The summed E-state index contributed by atoms with van der Waals surface area (Å²) in [4.78, 5) is 0. The van der Waals surface area contributed by atoms with Crippen molar-refractivity contribution < 1.29 is 4.74 Å². The molecule has 0 saturated carbocycles. The van der Waals surface area contributed by atoms with Gasteiger partial charge in [0.05, 0.1) is 5.60 Å². The van der Waals surface area contributed by atoms with Crippen LogP contribution in [-0.4, -0.2) is 12.7 Å². The van der Waals surface area contributed by atoms with Crippen LogP contribution in [0, 0.1) is 29.6 Å². The molecule has 4 atom stereocenters. The lowest BCUT2D eigenvalue weighted by Gasteiger charge is -2.22. The summed E-state index contributed by atoms with van der Waals surface area (Å²) in [5.41, 5.74) is 3.10. The molecule has 250 valence electrons. The molecule has 0 N–H and O–H groups in total. The third-order valence-electron chi connectivity index (χ3n) is 10.0. The Labute approximate surface area is 267 Å². The molecular formula is C41H80O. The van der Waals surface area contributed by atoms with Gasteiger partial charge in [0.15, 0.2) is 0 Å². The highest BCUT2D eigenvalue weighted by molar-refractivity contribution is 5.06. The van der Waals surface area contributed by atoms with Gasteiger partial charge in [-0.3, -0.25) is 0 Å². The van der Waals surface area contributed by atoms with E-state index in [0.29, 0.717) is 0 Å². The number of allylic oxidation sites excluding steroid dienone is 4. The Hall–Kier alpha value is -0.560. The van der Waals surface area contributed by atoms with E-state index in [1.165, 1.54) is 121 Å². The Kier molecular flexibility index (Phi) is 25.4. The lowest BCUT2D eigenvalue weighted by molar-refractivity contribution is 0.0140. The second-order valence-corrected chi connectivity index (χ2v) is 15.9. The minimum Gasteiger partial charge on any atom is -0.379 e. The molecule has 0 fully saturated rings. The fourth-order valence-corrected chi connectivity index (χ4v) is 6.36. The highest BCUT2D eigenvalue weighted by atomic mass is 16.5. The minimum atomic E-state index is 0.00974. The maximum Gasteiger partial charge on any atom is 0.0622 e. The molecule has 0 amide bonds. The summed E-state index contributed by atoms with van der Waals surface area (Å²) in [5, 5.41) is 0. The van der Waals surface area contributed by atoms with Crippen LogP contribution in [0.3, 0.4) is 0 Å². The van der Waals surface area contributed by atoms with Crippen LogP contribution in [0.15, 0.2) is 23.3 Å². The molecular weight excluding hydrogens is 508 g/mol. The van der Waals surface area contributed by atoms with Crippen LogP contribution in [0.25, 0.3) is 0 Å². The molecule has 42 heavy (non-hydrogen) atoms. The topological polar surface area (TPSA) is 9.23 Å². The second-order valence-electron chi connectivity index (χ2n) is 15.9. The van der Waals surface area contributed by atoms with Crippen LogP contribution < -0.4 is 0 Å². The lowest BCUT2D eigenvalue weighted by Crippen LogP contribution is -2.21. The zero-order chi connectivity index (χ0) is 31.8. The fraction of sp³-hybridized carbons (Fsp3) is 0.902. The first-order valence-electron chi connectivity index (χ1n) is 18.7. The molecule has 0 aliphatic carbocycles. The van der Waals surface area contributed by atoms with Gasteiger partial charge in [0.1, 0.15) is 0 Å². The molecule has 0 aromatic carbocycles. The molecule has 0 heterocycles. The Morgan fingerprint density at radius 3 is 1.29 bits per heavy atom. The molecule has 0 spiro atoms. The monoisotopic (exact) mass is 589 g/mol. The Bertz CT molecular complexity index is 668. The predicted octanol–water partition coefficient (Wildman–Crippen LogP) is 14.3. The van der Waals surface area contributed by atoms with Crippen molar-refractivity contribution in [2.75, 3.05) is 7.11 Å². The van der Waals surface area contributed by atoms with E-state index in [4.69, 9.17) is 4.74 Å². The van der Waals surface area contributed by atoms with Crippen molar-refractivity contribution in [3.05, 3.63) is 23.3 Å². The summed E-state index contributed by atoms with van der Waals surface area (Å²) < 4.78 is 5.54. The number of unbranched alkanes of at least 4 members (excludes halogenated alkanes) is 1. The van der Waals surface area contributed by atoms with Crippen LogP contribution in [0.2, 0.25) is 0 Å². The van der Waals surface area contributed by atoms with Crippen LogP contribution in [0.1, 0.15) is 198 Å². The Morgan fingerprint density at radius 2 is 0.881 bits per heavy atom. The first-order valence-corrected chi connectivity index (χ1v) is 18.7. The van der Waals surface area contributed by atoms with Crippen molar-refractivity contribution in [2.45, 2.75) is 203 Å². The number of methoxy groups -OCH3 is 1. The third-order valence-corrected chi connectivity index (χ3v) is 10.0. The van der Waals surface area contributed by atoms with E-state index < -0.39 is 0 Å². The average molecular weight is 589 g/mol. The first kappa shape index (κ1) is 41.4. The van der Waals surface area contributed by atoms with Gasteiger partial charge in [-0.15, -0.1) is 0 Å². The first-order chi connectivity index (χ1) is 19.8. The molecule has 0 aliphatic heterocycles. The van der Waals surface area contributed by atoms with Crippen LogP contribution in [0.4, 0.5) is 0 Å². The lowest BCUT2D eigenvalue weighted by atomic mass is 9.90. The van der Waals surface area contributed by atoms with Crippen molar-refractivity contribution in [1.82, 2.24) is 0 Å². The molecule has 0 radical (unpaired) electrons. The summed E-state index contributed by atoms with van der Waals surface area (Å²) in [6, 6.07) is 0. The van der Waals surface area contributed by atoms with Crippen LogP contribution >= 0.6 is 0 Å². The summed E-state index contributed by atoms with van der Waals surface area (Å²) in [6.45, 7) is 23.6. The molecule has 1 nitrogen and oxygen atoms in total. The van der Waals surface area contributed by atoms with Crippen molar-refractivity contribution in [1.29, 1.82) is 0 Å². The average Bonchev–Trinajstić information content (AvgIpc) is 2.91. The van der Waals surface area contributed by atoms with Gasteiger partial charge < -0.3 is 4.74 Å². The SMILES string of the molecule is COC(C)(C)CCC/C(C)=C/C/C=C(\C)CCCC(C)CCCC[C@@H](C)CCCC(C)CCCC(C)CCCC(C)C. The van der Waals surface area contributed by atoms with Crippen LogP contribution in [0.5, 0.6) is 0 Å². The molecule has 0 saturated heterocycles. The van der Waals surface area contributed by atoms with Gasteiger partial charge >= 0.3 is 0 Å². The van der Waals surface area contributed by atoms with Crippen molar-refractivity contribution in [2.24, 2.45) is 29.6 Å². The maximum atomic E-state index is 5.54. The van der Waals surface area contributed by atoms with E-state index in [1.54, 1.807) is 5.57 Å². The summed E-state index contributed by atoms with van der Waals surface area (Å²) in [6.07, 6.45) is 32.2. The zero-order valence-corrected chi connectivity index (χ0v) is 31.1. The second kappa shape index (κ2) is 25.7. The number of ether oxygens (including phenoxy) is 1. The van der Waals surface area contributed by atoms with Gasteiger partial charge in [-0.2, -0.15) is 0 Å². The highest BCUT2D eigenvalue weighted by Crippen LogP contribution is 2.25. The molecule has 1 heteroatoms. The molecule has 0 aliphatic rings. The number of rotatable bonds is 28. The Balaban J connectivity index is 3.80. The van der Waals surface area contributed by atoms with E-state index >= 15 is 0 Å². The van der Waals surface area contributed by atoms with Gasteiger partial charge in [-0.05, 0) is 95.8 Å². The molecule has 3 unspecified atom stereocenters. The third kappa shape index (κ3) is 27.0. The van der Waals surface area contributed by atoms with Crippen molar-refractivity contribution >= 4 is 0 Å². The van der Waals surface area contributed by atoms with Gasteiger partial charge in [-0.25, -0.2) is 0 Å². The quantitative estimate of drug-likeness (QED) is 0.0652. The molecule has 0 aromatic rings. The van der Waals surface area contributed by atoms with E-state index in [1.807, 2.05) is 7.11 Å². The highest BCUT2D eigenvalue weighted by Gasteiger charge is 2.15. The maximum absolute atomic E-state index is 5.54. The zero-order valence-electron chi connectivity index (χ0n) is 31.1. The van der Waals surface area contributed by atoms with Gasteiger partial charge in [0.2, 0.25) is 0 Å². The molecule has 0 aromatic heterocycles. The van der Waals surface area contributed by atoms with Gasteiger partial charge in [0, 0.05) is 7.11 Å². The fourth-order valence-electron chi connectivity index (χ4n) is 6.36. The Morgan fingerprint density at radius 1 is 0.524 bits per heavy atom. The molecule has 0 bridgehead atoms. The minimum absolute atomic E-state index is 0.00974. The van der Waals surface area contributed by atoms with E-state index in [0.717, 1.165) is 42.4 Å². The standard InChI is InChI=1S/C41H80O/c1-34(2)20-14-23-37(5)26-17-29-38(6)27-15-24-35(3)21-12-13-22-36(4)25-16-28-39(7)30-18-31-40(8)32-19-33-41(9,10)42-11/h30-31,34-38H,12-29,32-33H2,1-11H3/b39-30+,40-31+/t35-,36?,37?,38?/m1/s1. The van der Waals surface area contributed by atoms with E-state index in [9.17, 15) is 0 Å². The summed E-state index contributed by atoms with van der Waals surface area (Å²) in [5.74, 6) is 4.51. The van der Waals surface area contributed by atoms with Crippen molar-refractivity contribution in [3.63, 3.8) is 0 Å².